The van der Waals surface area contributed by atoms with E-state index in [0.29, 0.717) is 5.69 Å². The molecular weight excluding hydrogens is 369 g/mol. The number of benzene rings is 2. The van der Waals surface area contributed by atoms with E-state index >= 15 is 0 Å². The minimum Gasteiger partial charge on any atom is -0.322 e. The van der Waals surface area contributed by atoms with Crippen molar-refractivity contribution in [2.45, 2.75) is 11.4 Å². The van der Waals surface area contributed by atoms with Gasteiger partial charge < -0.3 is 5.32 Å². The third-order valence-corrected chi connectivity index (χ3v) is 5.14. The van der Waals surface area contributed by atoms with Crippen LogP contribution in [0.2, 0.25) is 0 Å². The molecule has 8 heteroatoms. The lowest BCUT2D eigenvalue weighted by atomic mass is 10.2. The van der Waals surface area contributed by atoms with Crippen LogP contribution in [0.4, 0.5) is 10.1 Å². The summed E-state index contributed by atoms with van der Waals surface area (Å²) in [5, 5.41) is 2.61. The number of sulfonamides is 1. The Labute approximate surface area is 156 Å². The van der Waals surface area contributed by atoms with Gasteiger partial charge in [-0.2, -0.15) is 0 Å². The van der Waals surface area contributed by atoms with Gasteiger partial charge in [-0.05, 0) is 60.2 Å². The van der Waals surface area contributed by atoms with Gasteiger partial charge in [0.15, 0.2) is 0 Å². The van der Waals surface area contributed by atoms with Crippen LogP contribution in [0.25, 0.3) is 0 Å². The van der Waals surface area contributed by atoms with Crippen molar-refractivity contribution in [1.82, 2.24) is 9.71 Å². The van der Waals surface area contributed by atoms with E-state index in [4.69, 9.17) is 0 Å². The van der Waals surface area contributed by atoms with Gasteiger partial charge in [0.1, 0.15) is 5.82 Å². The summed E-state index contributed by atoms with van der Waals surface area (Å²) in [6.45, 7) is 0.114. The van der Waals surface area contributed by atoms with Crippen LogP contribution in [0, 0.1) is 5.82 Å². The average Bonchev–Trinajstić information content (AvgIpc) is 2.69. The third-order valence-electron chi connectivity index (χ3n) is 3.72. The first-order chi connectivity index (χ1) is 12.9. The molecule has 6 nitrogen and oxygen atoms in total. The highest BCUT2D eigenvalue weighted by molar-refractivity contribution is 7.89. The molecule has 1 amide bonds. The average molecular weight is 385 g/mol. The molecule has 1 heterocycles. The standard InChI is InChI=1S/C19H16FN3O3S/c20-16-5-7-17(8-6-16)23-19(24)15-3-9-18(10-4-15)27(25,26)22-13-14-2-1-11-21-12-14/h1-12,22H,13H2,(H,23,24). The van der Waals surface area contributed by atoms with E-state index < -0.39 is 21.7 Å². The van der Waals surface area contributed by atoms with Crippen LogP contribution in [0.5, 0.6) is 0 Å². The number of pyridine rings is 1. The number of carbonyl (C=O) groups is 1. The van der Waals surface area contributed by atoms with E-state index in [2.05, 4.69) is 15.0 Å². The minimum absolute atomic E-state index is 0.0460. The molecule has 0 unspecified atom stereocenters. The van der Waals surface area contributed by atoms with Crippen molar-refractivity contribution in [3.8, 4) is 0 Å². The van der Waals surface area contributed by atoms with E-state index in [1.807, 2.05) is 0 Å². The highest BCUT2D eigenvalue weighted by Gasteiger charge is 2.15. The summed E-state index contributed by atoms with van der Waals surface area (Å²) in [5.74, 6) is -0.824. The third kappa shape index (κ3) is 4.96. The number of hydrogen-bond acceptors (Lipinski definition) is 4. The van der Waals surface area contributed by atoms with Crippen molar-refractivity contribution in [2.24, 2.45) is 0 Å². The maximum Gasteiger partial charge on any atom is 0.255 e. The lowest BCUT2D eigenvalue weighted by Gasteiger charge is -2.08. The van der Waals surface area contributed by atoms with Gasteiger partial charge in [-0.3, -0.25) is 9.78 Å². The summed E-state index contributed by atoms with van der Waals surface area (Å²) >= 11 is 0. The van der Waals surface area contributed by atoms with E-state index in [1.165, 1.54) is 48.5 Å². The number of nitrogens with one attached hydrogen (secondary N) is 2. The second-order valence-corrected chi connectivity index (χ2v) is 7.44. The van der Waals surface area contributed by atoms with E-state index in [-0.39, 0.29) is 17.0 Å². The number of nitrogens with zero attached hydrogens (tertiary/aromatic N) is 1. The van der Waals surface area contributed by atoms with Gasteiger partial charge in [0, 0.05) is 30.2 Å². The van der Waals surface area contributed by atoms with Gasteiger partial charge in [0.05, 0.1) is 4.90 Å². The fraction of sp³-hybridized carbons (Fsp3) is 0.0526. The topological polar surface area (TPSA) is 88.2 Å². The lowest BCUT2D eigenvalue weighted by Crippen LogP contribution is -2.23. The quantitative estimate of drug-likeness (QED) is 0.683. The summed E-state index contributed by atoms with van der Waals surface area (Å²) < 4.78 is 40.1. The second kappa shape index (κ2) is 8.07. The largest absolute Gasteiger partial charge is 0.322 e. The monoisotopic (exact) mass is 385 g/mol. The van der Waals surface area contributed by atoms with Gasteiger partial charge >= 0.3 is 0 Å². The molecule has 3 rings (SSSR count). The number of rotatable bonds is 6. The molecule has 0 spiro atoms. The Morgan fingerprint density at radius 3 is 2.33 bits per heavy atom. The molecule has 1 aromatic heterocycles. The number of carbonyl (C=O) groups excluding carboxylic acids is 1. The van der Waals surface area contributed by atoms with Crippen LogP contribution in [0.3, 0.4) is 0 Å². The normalized spacial score (nSPS) is 11.1. The Bertz CT molecular complexity index is 1020. The fourth-order valence-corrected chi connectivity index (χ4v) is 3.30. The number of hydrogen-bond donors (Lipinski definition) is 2. The van der Waals surface area contributed by atoms with Crippen molar-refractivity contribution in [3.63, 3.8) is 0 Å². The van der Waals surface area contributed by atoms with Crippen molar-refractivity contribution >= 4 is 21.6 Å². The van der Waals surface area contributed by atoms with Crippen molar-refractivity contribution < 1.29 is 17.6 Å². The Kier molecular flexibility index (Phi) is 5.58. The maximum absolute atomic E-state index is 12.9. The molecule has 0 radical (unpaired) electrons. The number of aromatic nitrogens is 1. The summed E-state index contributed by atoms with van der Waals surface area (Å²) in [6, 6.07) is 14.4. The Morgan fingerprint density at radius 1 is 1.00 bits per heavy atom. The molecule has 0 saturated carbocycles. The van der Waals surface area contributed by atoms with Crippen LogP contribution in [0.15, 0.2) is 78.0 Å². The van der Waals surface area contributed by atoms with Gasteiger partial charge in [0.2, 0.25) is 10.0 Å². The Morgan fingerprint density at radius 2 is 1.70 bits per heavy atom. The first kappa shape index (κ1) is 18.7. The predicted molar refractivity (Wildman–Crippen MR) is 99.1 cm³/mol. The molecule has 0 saturated heterocycles. The van der Waals surface area contributed by atoms with Crippen molar-refractivity contribution in [2.75, 3.05) is 5.32 Å². The molecule has 27 heavy (non-hydrogen) atoms. The van der Waals surface area contributed by atoms with Crippen LogP contribution in [0.1, 0.15) is 15.9 Å². The van der Waals surface area contributed by atoms with Crippen molar-refractivity contribution in [3.05, 3.63) is 90.0 Å². The van der Waals surface area contributed by atoms with E-state index in [0.717, 1.165) is 5.56 Å². The van der Waals surface area contributed by atoms with Gasteiger partial charge in [-0.15, -0.1) is 0 Å². The molecule has 0 atom stereocenters. The zero-order valence-electron chi connectivity index (χ0n) is 14.1. The maximum atomic E-state index is 12.9. The smallest absolute Gasteiger partial charge is 0.255 e. The summed E-state index contributed by atoms with van der Waals surface area (Å²) in [6.07, 6.45) is 3.18. The van der Waals surface area contributed by atoms with E-state index in [1.54, 1.807) is 24.5 Å². The van der Waals surface area contributed by atoms with E-state index in [9.17, 15) is 17.6 Å². The molecule has 0 aliphatic carbocycles. The van der Waals surface area contributed by atoms with Gasteiger partial charge in [-0.25, -0.2) is 17.5 Å². The van der Waals surface area contributed by atoms with Crippen LogP contribution >= 0.6 is 0 Å². The first-order valence-electron chi connectivity index (χ1n) is 7.99. The second-order valence-electron chi connectivity index (χ2n) is 5.67. The fourth-order valence-electron chi connectivity index (χ4n) is 2.29. The first-order valence-corrected chi connectivity index (χ1v) is 9.48. The Balaban J connectivity index is 1.66. The molecular formula is C19H16FN3O3S. The van der Waals surface area contributed by atoms with Gasteiger partial charge in [-0.1, -0.05) is 6.07 Å². The highest BCUT2D eigenvalue weighted by Crippen LogP contribution is 2.14. The molecule has 2 N–H and O–H groups in total. The molecule has 138 valence electrons. The van der Waals surface area contributed by atoms with Crippen molar-refractivity contribution in [1.29, 1.82) is 0 Å². The van der Waals surface area contributed by atoms with Crippen LogP contribution in [-0.4, -0.2) is 19.3 Å². The molecule has 0 bridgehead atoms. The van der Waals surface area contributed by atoms with Crippen LogP contribution in [-0.2, 0) is 16.6 Å². The zero-order valence-corrected chi connectivity index (χ0v) is 14.9. The minimum atomic E-state index is -3.72. The highest BCUT2D eigenvalue weighted by atomic mass is 32.2. The molecule has 3 aromatic rings. The van der Waals surface area contributed by atoms with Crippen LogP contribution < -0.4 is 10.0 Å². The summed E-state index contributed by atoms with van der Waals surface area (Å²) in [7, 11) is -3.72. The van der Waals surface area contributed by atoms with Gasteiger partial charge in [0.25, 0.3) is 5.91 Å². The molecule has 0 aliphatic heterocycles. The summed E-state index contributed by atoms with van der Waals surface area (Å²) in [4.78, 5) is 16.2. The number of anilines is 1. The predicted octanol–water partition coefficient (Wildman–Crippen LogP) is 2.95. The molecule has 0 fully saturated rings. The number of amides is 1. The number of halogens is 1. The summed E-state index contributed by atoms with van der Waals surface area (Å²) in [5.41, 5.74) is 1.46. The molecule has 2 aromatic carbocycles. The SMILES string of the molecule is O=C(Nc1ccc(F)cc1)c1ccc(S(=O)(=O)NCc2cccnc2)cc1. The lowest BCUT2D eigenvalue weighted by molar-refractivity contribution is 0.102. The zero-order chi connectivity index (χ0) is 19.3. The molecule has 0 aliphatic rings. The Hall–Kier alpha value is -3.10.